The van der Waals surface area contributed by atoms with E-state index in [9.17, 15) is 0 Å². The highest BCUT2D eigenvalue weighted by molar-refractivity contribution is 5.56. The largest absolute Gasteiger partial charge is 0.496 e. The Labute approximate surface area is 88.9 Å². The number of benzene rings is 1. The van der Waals surface area contributed by atoms with Gasteiger partial charge in [0.2, 0.25) is 0 Å². The van der Waals surface area contributed by atoms with Crippen LogP contribution < -0.4 is 4.74 Å². The Bertz CT molecular complexity index is 282. The summed E-state index contributed by atoms with van der Waals surface area (Å²) in [4.78, 5) is 0. The molecule has 0 bridgehead atoms. The van der Waals surface area contributed by atoms with Crippen molar-refractivity contribution in [3.63, 3.8) is 0 Å². The molecule has 0 radical (unpaired) electrons. The van der Waals surface area contributed by atoms with Gasteiger partial charge in [-0.1, -0.05) is 45.6 Å². The van der Waals surface area contributed by atoms with Crippen molar-refractivity contribution >= 4 is 6.08 Å². The highest BCUT2D eigenvalue weighted by atomic mass is 16.5. The molecule has 80 valence electrons. The second kappa shape index (κ2) is 7.19. The molecule has 0 heterocycles. The van der Waals surface area contributed by atoms with Crippen LogP contribution >= 0.6 is 0 Å². The monoisotopic (exact) mass is 194 g/mol. The first-order valence-corrected chi connectivity index (χ1v) is 5.11. The zero-order valence-corrected chi connectivity index (χ0v) is 9.63. The molecule has 14 heavy (non-hydrogen) atoms. The average molecular weight is 194 g/mol. The average Bonchev–Trinajstić information content (AvgIpc) is 2.30. The zero-order chi connectivity index (χ0) is 11.0. The van der Waals surface area contributed by atoms with E-state index in [0.717, 1.165) is 17.7 Å². The maximum atomic E-state index is 5.21. The standard InChI is InChI=1S/C11H14O.C2H6.H2/c1-4-9-6-7-10(5-2)11(8-9)12-3;1-2;/h5-8H,2,4H2,1,3H3;1-2H3;1H. The molecule has 0 N–H and O–H groups in total. The van der Waals surface area contributed by atoms with Gasteiger partial charge in [-0.2, -0.15) is 0 Å². The number of rotatable bonds is 3. The van der Waals surface area contributed by atoms with Gasteiger partial charge in [0.05, 0.1) is 7.11 Å². The van der Waals surface area contributed by atoms with E-state index in [-0.39, 0.29) is 1.43 Å². The van der Waals surface area contributed by atoms with Crippen molar-refractivity contribution in [3.05, 3.63) is 35.9 Å². The molecule has 0 atom stereocenters. The van der Waals surface area contributed by atoms with Crippen molar-refractivity contribution in [2.75, 3.05) is 7.11 Å². The Morgan fingerprint density at radius 1 is 1.43 bits per heavy atom. The first-order valence-electron chi connectivity index (χ1n) is 5.11. The highest BCUT2D eigenvalue weighted by Gasteiger charge is 1.98. The molecule has 0 aliphatic carbocycles. The van der Waals surface area contributed by atoms with Crippen LogP contribution in [0.4, 0.5) is 0 Å². The summed E-state index contributed by atoms with van der Waals surface area (Å²) in [7, 11) is 1.68. The molecular formula is C13H22O. The first-order chi connectivity index (χ1) is 6.81. The van der Waals surface area contributed by atoms with Gasteiger partial charge in [-0.05, 0) is 18.1 Å². The number of hydrogen-bond acceptors (Lipinski definition) is 1. The molecule has 0 saturated heterocycles. The van der Waals surface area contributed by atoms with Crippen LogP contribution in [0.2, 0.25) is 0 Å². The second-order valence-corrected chi connectivity index (χ2v) is 2.63. The molecule has 1 aromatic rings. The fraction of sp³-hybridized carbons (Fsp3) is 0.385. The number of methoxy groups -OCH3 is 1. The summed E-state index contributed by atoms with van der Waals surface area (Å²) in [5.41, 5.74) is 2.34. The third-order valence-corrected chi connectivity index (χ3v) is 1.93. The smallest absolute Gasteiger partial charge is 0.126 e. The molecule has 0 saturated carbocycles. The fourth-order valence-electron chi connectivity index (χ4n) is 1.14. The molecule has 1 nitrogen and oxygen atoms in total. The van der Waals surface area contributed by atoms with E-state index in [2.05, 4.69) is 25.6 Å². The molecule has 1 heteroatoms. The van der Waals surface area contributed by atoms with Crippen LogP contribution in [0, 0.1) is 0 Å². The number of hydrogen-bond donors (Lipinski definition) is 0. The van der Waals surface area contributed by atoms with Gasteiger partial charge in [0.1, 0.15) is 5.75 Å². The maximum absolute atomic E-state index is 5.21. The van der Waals surface area contributed by atoms with Gasteiger partial charge in [-0.25, -0.2) is 0 Å². The van der Waals surface area contributed by atoms with E-state index in [4.69, 9.17) is 4.74 Å². The summed E-state index contributed by atoms with van der Waals surface area (Å²) in [5, 5.41) is 0. The van der Waals surface area contributed by atoms with Gasteiger partial charge < -0.3 is 4.74 Å². The fourth-order valence-corrected chi connectivity index (χ4v) is 1.14. The molecule has 0 fully saturated rings. The van der Waals surface area contributed by atoms with Crippen LogP contribution in [0.3, 0.4) is 0 Å². The lowest BCUT2D eigenvalue weighted by atomic mass is 10.1. The third kappa shape index (κ3) is 3.25. The molecule has 0 aliphatic rings. The van der Waals surface area contributed by atoms with Crippen LogP contribution in [-0.4, -0.2) is 7.11 Å². The normalized spacial score (nSPS) is 8.57. The molecule has 0 spiro atoms. The van der Waals surface area contributed by atoms with E-state index in [0.29, 0.717) is 0 Å². The summed E-state index contributed by atoms with van der Waals surface area (Å²) < 4.78 is 5.21. The predicted molar refractivity (Wildman–Crippen MR) is 65.9 cm³/mol. The van der Waals surface area contributed by atoms with E-state index in [1.807, 2.05) is 19.9 Å². The van der Waals surface area contributed by atoms with Crippen molar-refractivity contribution in [3.8, 4) is 5.75 Å². The summed E-state index contributed by atoms with van der Waals surface area (Å²) >= 11 is 0. The molecule has 0 amide bonds. The lowest BCUT2D eigenvalue weighted by Gasteiger charge is -2.05. The lowest BCUT2D eigenvalue weighted by Crippen LogP contribution is -1.89. The topological polar surface area (TPSA) is 9.23 Å². The van der Waals surface area contributed by atoms with Gasteiger partial charge in [0.15, 0.2) is 0 Å². The zero-order valence-electron chi connectivity index (χ0n) is 9.63. The minimum atomic E-state index is 0. The Morgan fingerprint density at radius 3 is 2.50 bits per heavy atom. The summed E-state index contributed by atoms with van der Waals surface area (Å²) in [6.07, 6.45) is 2.84. The number of ether oxygens (including phenoxy) is 1. The predicted octanol–water partition coefficient (Wildman–Crippen LogP) is 4.17. The second-order valence-electron chi connectivity index (χ2n) is 2.63. The van der Waals surface area contributed by atoms with E-state index < -0.39 is 0 Å². The third-order valence-electron chi connectivity index (χ3n) is 1.93. The van der Waals surface area contributed by atoms with Crippen molar-refractivity contribution < 1.29 is 6.16 Å². The quantitative estimate of drug-likeness (QED) is 0.701. The minimum Gasteiger partial charge on any atom is -0.496 e. The molecule has 0 aliphatic heterocycles. The Kier molecular flexibility index (Phi) is 6.55. The molecular weight excluding hydrogens is 172 g/mol. The van der Waals surface area contributed by atoms with Crippen LogP contribution in [0.1, 0.15) is 33.3 Å². The van der Waals surface area contributed by atoms with Gasteiger partial charge in [-0.15, -0.1) is 0 Å². The Balaban J connectivity index is 0. The summed E-state index contributed by atoms with van der Waals surface area (Å²) in [6, 6.07) is 6.18. The molecule has 0 aromatic heterocycles. The van der Waals surface area contributed by atoms with E-state index >= 15 is 0 Å². The maximum Gasteiger partial charge on any atom is 0.126 e. The van der Waals surface area contributed by atoms with Crippen LogP contribution in [0.15, 0.2) is 24.8 Å². The molecule has 1 aromatic carbocycles. The molecule has 0 unspecified atom stereocenters. The summed E-state index contributed by atoms with van der Waals surface area (Å²) in [5.74, 6) is 0.907. The van der Waals surface area contributed by atoms with Crippen molar-refractivity contribution in [2.45, 2.75) is 27.2 Å². The Morgan fingerprint density at radius 2 is 2.07 bits per heavy atom. The van der Waals surface area contributed by atoms with E-state index in [1.54, 1.807) is 13.2 Å². The lowest BCUT2D eigenvalue weighted by molar-refractivity contribution is 0.413. The van der Waals surface area contributed by atoms with Crippen molar-refractivity contribution in [1.82, 2.24) is 0 Å². The highest BCUT2D eigenvalue weighted by Crippen LogP contribution is 2.21. The van der Waals surface area contributed by atoms with Crippen molar-refractivity contribution in [1.29, 1.82) is 0 Å². The van der Waals surface area contributed by atoms with Crippen LogP contribution in [0.5, 0.6) is 5.75 Å². The van der Waals surface area contributed by atoms with Gasteiger partial charge in [0, 0.05) is 6.99 Å². The van der Waals surface area contributed by atoms with Gasteiger partial charge >= 0.3 is 0 Å². The van der Waals surface area contributed by atoms with Crippen LogP contribution in [0.25, 0.3) is 6.08 Å². The van der Waals surface area contributed by atoms with Crippen LogP contribution in [-0.2, 0) is 6.42 Å². The van der Waals surface area contributed by atoms with E-state index in [1.165, 1.54) is 5.56 Å². The molecule has 1 rings (SSSR count). The minimum absolute atomic E-state index is 0. The number of aryl methyl sites for hydroxylation is 1. The Hall–Kier alpha value is -1.24. The van der Waals surface area contributed by atoms with Gasteiger partial charge in [-0.3, -0.25) is 0 Å². The first kappa shape index (κ1) is 12.8. The summed E-state index contributed by atoms with van der Waals surface area (Å²) in [6.45, 7) is 9.84. The SMILES string of the molecule is C=Cc1ccc(CC)cc1OC.CC.[HH]. The van der Waals surface area contributed by atoms with Gasteiger partial charge in [0.25, 0.3) is 0 Å². The van der Waals surface area contributed by atoms with Crippen molar-refractivity contribution in [2.24, 2.45) is 0 Å².